The number of benzene rings is 1. The van der Waals surface area contributed by atoms with E-state index in [1.807, 2.05) is 50.5 Å². The quantitative estimate of drug-likeness (QED) is 0.891. The number of nitrogens with one attached hydrogen (secondary N) is 1. The Labute approximate surface area is 113 Å². The monoisotopic (exact) mass is 254 g/mol. The van der Waals surface area contributed by atoms with Crippen molar-refractivity contribution in [2.45, 2.75) is 25.4 Å². The highest BCUT2D eigenvalue weighted by Crippen LogP contribution is 2.18. The largest absolute Gasteiger partial charge is 0.331 e. The lowest BCUT2D eigenvalue weighted by atomic mass is 10.0. The van der Waals surface area contributed by atoms with Crippen LogP contribution in [0.15, 0.2) is 42.7 Å². The third-order valence-electron chi connectivity index (χ3n) is 3.40. The van der Waals surface area contributed by atoms with Gasteiger partial charge in [0.15, 0.2) is 0 Å². The zero-order chi connectivity index (χ0) is 13.7. The van der Waals surface area contributed by atoms with Crippen molar-refractivity contribution in [2.24, 2.45) is 0 Å². The van der Waals surface area contributed by atoms with E-state index >= 15 is 0 Å². The second-order valence-corrected chi connectivity index (χ2v) is 4.75. The van der Waals surface area contributed by atoms with Crippen molar-refractivity contribution in [1.29, 1.82) is 5.26 Å². The van der Waals surface area contributed by atoms with Crippen molar-refractivity contribution in [2.75, 3.05) is 7.05 Å². The molecule has 0 saturated heterocycles. The van der Waals surface area contributed by atoms with Crippen LogP contribution in [0.25, 0.3) is 11.4 Å². The molecular formula is C15H18N4. The first-order valence-corrected chi connectivity index (χ1v) is 6.35. The highest BCUT2D eigenvalue weighted by Gasteiger charge is 2.21. The highest BCUT2D eigenvalue weighted by molar-refractivity contribution is 5.55. The van der Waals surface area contributed by atoms with Crippen LogP contribution in [0.3, 0.4) is 0 Å². The third-order valence-corrected chi connectivity index (χ3v) is 3.40. The number of nitrogens with zero attached hydrogens (tertiary/aromatic N) is 3. The van der Waals surface area contributed by atoms with Gasteiger partial charge in [-0.25, -0.2) is 4.98 Å². The number of aryl methyl sites for hydroxylation is 1. The fourth-order valence-corrected chi connectivity index (χ4v) is 1.92. The van der Waals surface area contributed by atoms with Gasteiger partial charge in [0, 0.05) is 24.5 Å². The maximum Gasteiger partial charge on any atom is 0.139 e. The molecule has 1 aromatic heterocycles. The Bertz CT molecular complexity index is 567. The summed E-state index contributed by atoms with van der Waals surface area (Å²) in [6, 6.07) is 12.4. The summed E-state index contributed by atoms with van der Waals surface area (Å²) in [4.78, 5) is 4.40. The summed E-state index contributed by atoms with van der Waals surface area (Å²) >= 11 is 0. The first-order chi connectivity index (χ1) is 9.18. The lowest BCUT2D eigenvalue weighted by Crippen LogP contribution is -2.39. The van der Waals surface area contributed by atoms with E-state index in [9.17, 15) is 0 Å². The smallest absolute Gasteiger partial charge is 0.139 e. The van der Waals surface area contributed by atoms with Crippen molar-refractivity contribution < 1.29 is 0 Å². The van der Waals surface area contributed by atoms with Crippen molar-refractivity contribution in [3.8, 4) is 17.5 Å². The van der Waals surface area contributed by atoms with E-state index in [2.05, 4.69) is 20.9 Å². The van der Waals surface area contributed by atoms with Crippen LogP contribution in [0.5, 0.6) is 0 Å². The first kappa shape index (κ1) is 13.3. The molecule has 0 fully saturated rings. The van der Waals surface area contributed by atoms with Crippen LogP contribution < -0.4 is 5.32 Å². The van der Waals surface area contributed by atoms with Crippen LogP contribution in [0, 0.1) is 11.3 Å². The molecule has 4 nitrogen and oxygen atoms in total. The van der Waals surface area contributed by atoms with E-state index in [1.165, 1.54) is 0 Å². The zero-order valence-corrected chi connectivity index (χ0v) is 11.3. The Morgan fingerprint density at radius 3 is 2.74 bits per heavy atom. The van der Waals surface area contributed by atoms with Crippen molar-refractivity contribution >= 4 is 0 Å². The predicted octanol–water partition coefficient (Wildman–Crippen LogP) is 2.44. The van der Waals surface area contributed by atoms with Crippen LogP contribution in [-0.2, 0) is 6.54 Å². The molecule has 1 atom stereocenters. The minimum Gasteiger partial charge on any atom is -0.331 e. The third kappa shape index (κ3) is 3.01. The van der Waals surface area contributed by atoms with Crippen LogP contribution in [-0.4, -0.2) is 22.1 Å². The van der Waals surface area contributed by atoms with Crippen molar-refractivity contribution in [3.05, 3.63) is 42.7 Å². The molecule has 0 radical (unpaired) electrons. The topological polar surface area (TPSA) is 53.6 Å². The normalized spacial score (nSPS) is 13.7. The van der Waals surface area contributed by atoms with E-state index in [0.29, 0.717) is 0 Å². The molecule has 1 aromatic carbocycles. The lowest BCUT2D eigenvalue weighted by Gasteiger charge is -2.21. The second kappa shape index (κ2) is 5.68. The number of aromatic nitrogens is 2. The average Bonchev–Trinajstić information content (AvgIpc) is 2.94. The van der Waals surface area contributed by atoms with Gasteiger partial charge >= 0.3 is 0 Å². The van der Waals surface area contributed by atoms with Gasteiger partial charge in [0.25, 0.3) is 0 Å². The molecule has 1 heterocycles. The zero-order valence-electron chi connectivity index (χ0n) is 11.3. The summed E-state index contributed by atoms with van der Waals surface area (Å²) in [6.45, 7) is 2.67. The molecule has 19 heavy (non-hydrogen) atoms. The van der Waals surface area contributed by atoms with Gasteiger partial charge < -0.3 is 9.88 Å². The minimum absolute atomic E-state index is 0.502. The van der Waals surface area contributed by atoms with Gasteiger partial charge in [0.05, 0.1) is 6.07 Å². The Morgan fingerprint density at radius 2 is 2.11 bits per heavy atom. The molecule has 1 N–H and O–H groups in total. The molecule has 0 aliphatic rings. The molecule has 2 aromatic rings. The van der Waals surface area contributed by atoms with Gasteiger partial charge in [-0.15, -0.1) is 0 Å². The lowest BCUT2D eigenvalue weighted by molar-refractivity contribution is 0.423. The van der Waals surface area contributed by atoms with Gasteiger partial charge in [0.2, 0.25) is 0 Å². The van der Waals surface area contributed by atoms with E-state index in [0.717, 1.165) is 24.4 Å². The van der Waals surface area contributed by atoms with Crippen LogP contribution in [0.4, 0.5) is 0 Å². The predicted molar refractivity (Wildman–Crippen MR) is 75.4 cm³/mol. The van der Waals surface area contributed by atoms with Crippen LogP contribution in [0.1, 0.15) is 13.3 Å². The average molecular weight is 254 g/mol. The number of hydrogen-bond acceptors (Lipinski definition) is 3. The van der Waals surface area contributed by atoms with Gasteiger partial charge in [-0.1, -0.05) is 30.3 Å². The summed E-state index contributed by atoms with van der Waals surface area (Å²) < 4.78 is 2.09. The van der Waals surface area contributed by atoms with E-state index in [1.54, 1.807) is 6.20 Å². The Balaban J connectivity index is 2.16. The maximum atomic E-state index is 9.16. The van der Waals surface area contributed by atoms with E-state index in [-0.39, 0.29) is 0 Å². The molecule has 0 aliphatic carbocycles. The molecule has 0 bridgehead atoms. The highest BCUT2D eigenvalue weighted by atomic mass is 15.1. The van der Waals surface area contributed by atoms with Crippen molar-refractivity contribution in [3.63, 3.8) is 0 Å². The minimum atomic E-state index is -0.502. The molecule has 0 amide bonds. The Kier molecular flexibility index (Phi) is 3.98. The number of imidazole rings is 1. The molecule has 4 heteroatoms. The molecular weight excluding hydrogens is 236 g/mol. The van der Waals surface area contributed by atoms with E-state index in [4.69, 9.17) is 5.26 Å². The molecule has 0 spiro atoms. The fourth-order valence-electron chi connectivity index (χ4n) is 1.92. The summed E-state index contributed by atoms with van der Waals surface area (Å²) in [5.74, 6) is 0.942. The maximum absolute atomic E-state index is 9.16. The summed E-state index contributed by atoms with van der Waals surface area (Å²) in [7, 11) is 1.81. The first-order valence-electron chi connectivity index (χ1n) is 6.35. The summed E-state index contributed by atoms with van der Waals surface area (Å²) in [6.07, 6.45) is 4.48. The van der Waals surface area contributed by atoms with Crippen LogP contribution in [0.2, 0.25) is 0 Å². The van der Waals surface area contributed by atoms with Crippen molar-refractivity contribution in [1.82, 2.24) is 14.9 Å². The molecule has 2 rings (SSSR count). The number of nitriles is 1. The van der Waals surface area contributed by atoms with Gasteiger partial charge in [-0.2, -0.15) is 5.26 Å². The molecule has 0 aliphatic heterocycles. The molecule has 98 valence electrons. The van der Waals surface area contributed by atoms with Gasteiger partial charge in [0.1, 0.15) is 11.4 Å². The fraction of sp³-hybridized carbons (Fsp3) is 0.333. The van der Waals surface area contributed by atoms with E-state index < -0.39 is 5.54 Å². The summed E-state index contributed by atoms with van der Waals surface area (Å²) in [5.41, 5.74) is 0.591. The molecule has 0 saturated carbocycles. The summed E-state index contributed by atoms with van der Waals surface area (Å²) in [5, 5.41) is 12.2. The standard InChI is InChI=1S/C15H18N4/c1-15(12-16,17-2)8-10-19-11-9-18-14(19)13-6-4-3-5-7-13/h3-7,9,11,17H,8,10H2,1-2H3. The second-order valence-electron chi connectivity index (χ2n) is 4.75. The number of hydrogen-bond donors (Lipinski definition) is 1. The number of rotatable bonds is 5. The Morgan fingerprint density at radius 1 is 1.37 bits per heavy atom. The van der Waals surface area contributed by atoms with Gasteiger partial charge in [-0.3, -0.25) is 0 Å². The Hall–Kier alpha value is -2.12. The van der Waals surface area contributed by atoms with Gasteiger partial charge in [-0.05, 0) is 20.4 Å². The SMILES string of the molecule is CNC(C)(C#N)CCn1ccnc1-c1ccccc1. The van der Waals surface area contributed by atoms with Crippen LogP contribution >= 0.6 is 0 Å². The molecule has 1 unspecified atom stereocenters.